The third kappa shape index (κ3) is 3.26. The molecule has 108 valence electrons. The molecular weight excluding hydrogens is 262 g/mol. The Kier molecular flexibility index (Phi) is 3.37. The number of hydrogen-bond acceptors (Lipinski definition) is 3. The second kappa shape index (κ2) is 5.51. The number of ether oxygens (including phenoxy) is 2. The van der Waals surface area contributed by atoms with E-state index in [-0.39, 0.29) is 0 Å². The highest BCUT2D eigenvalue weighted by Crippen LogP contribution is 2.26. The van der Waals surface area contributed by atoms with Gasteiger partial charge in [0, 0.05) is 18.8 Å². The first-order valence-corrected chi connectivity index (χ1v) is 7.52. The SMILES string of the molecule is c1ccc(-c2ccc(N(CC3CO3)CC3CO3)cc2)cc1. The van der Waals surface area contributed by atoms with Gasteiger partial charge in [0.15, 0.2) is 0 Å². The molecule has 0 bridgehead atoms. The van der Waals surface area contributed by atoms with Gasteiger partial charge in [-0.1, -0.05) is 42.5 Å². The number of rotatable bonds is 6. The Morgan fingerprint density at radius 1 is 0.762 bits per heavy atom. The van der Waals surface area contributed by atoms with Crippen LogP contribution in [0.2, 0.25) is 0 Å². The first kappa shape index (κ1) is 12.9. The fourth-order valence-corrected chi connectivity index (χ4v) is 2.62. The van der Waals surface area contributed by atoms with Crippen molar-refractivity contribution in [1.82, 2.24) is 0 Å². The highest BCUT2D eigenvalue weighted by molar-refractivity contribution is 5.66. The molecule has 0 saturated carbocycles. The Morgan fingerprint density at radius 2 is 1.29 bits per heavy atom. The van der Waals surface area contributed by atoms with Crippen LogP contribution in [0.3, 0.4) is 0 Å². The van der Waals surface area contributed by atoms with E-state index in [1.54, 1.807) is 0 Å². The van der Waals surface area contributed by atoms with Crippen molar-refractivity contribution >= 4 is 5.69 Å². The third-order valence-electron chi connectivity index (χ3n) is 3.99. The largest absolute Gasteiger partial charge is 0.371 e. The van der Waals surface area contributed by atoms with E-state index in [1.807, 2.05) is 6.07 Å². The molecule has 3 heteroatoms. The number of epoxide rings is 2. The first-order chi connectivity index (χ1) is 10.4. The number of nitrogens with zero attached hydrogens (tertiary/aromatic N) is 1. The maximum Gasteiger partial charge on any atom is 0.0984 e. The zero-order chi connectivity index (χ0) is 14.1. The second-order valence-corrected chi connectivity index (χ2v) is 5.73. The van der Waals surface area contributed by atoms with Crippen LogP contribution in [0, 0.1) is 0 Å². The predicted octanol–water partition coefficient (Wildman–Crippen LogP) is 2.96. The van der Waals surface area contributed by atoms with Crippen LogP contribution in [0.1, 0.15) is 0 Å². The molecule has 2 aliphatic heterocycles. The smallest absolute Gasteiger partial charge is 0.0984 e. The van der Waals surface area contributed by atoms with E-state index in [4.69, 9.17) is 9.47 Å². The molecule has 3 nitrogen and oxygen atoms in total. The Balaban J connectivity index is 1.52. The van der Waals surface area contributed by atoms with Gasteiger partial charge < -0.3 is 14.4 Å². The predicted molar refractivity (Wildman–Crippen MR) is 83.6 cm³/mol. The summed E-state index contributed by atoms with van der Waals surface area (Å²) in [5, 5.41) is 0. The molecule has 0 aromatic heterocycles. The van der Waals surface area contributed by atoms with Crippen LogP contribution in [0.4, 0.5) is 5.69 Å². The molecule has 0 aliphatic carbocycles. The molecule has 2 unspecified atom stereocenters. The zero-order valence-electron chi connectivity index (χ0n) is 11.9. The van der Waals surface area contributed by atoms with Crippen LogP contribution >= 0.6 is 0 Å². The van der Waals surface area contributed by atoms with Crippen LogP contribution in [-0.2, 0) is 9.47 Å². The summed E-state index contributed by atoms with van der Waals surface area (Å²) in [6.45, 7) is 3.71. The average Bonchev–Trinajstić information content (AvgIpc) is 3.44. The fraction of sp³-hybridized carbons (Fsp3) is 0.333. The van der Waals surface area contributed by atoms with Gasteiger partial charge in [0.1, 0.15) is 0 Å². The lowest BCUT2D eigenvalue weighted by Crippen LogP contribution is -2.31. The van der Waals surface area contributed by atoms with E-state index >= 15 is 0 Å². The molecule has 2 aliphatic rings. The van der Waals surface area contributed by atoms with Crippen molar-refractivity contribution < 1.29 is 9.47 Å². The van der Waals surface area contributed by atoms with E-state index < -0.39 is 0 Å². The Bertz CT molecular complexity index is 574. The van der Waals surface area contributed by atoms with Crippen molar-refractivity contribution in [3.05, 3.63) is 54.6 Å². The quantitative estimate of drug-likeness (QED) is 0.762. The molecule has 21 heavy (non-hydrogen) atoms. The van der Waals surface area contributed by atoms with Crippen LogP contribution in [0.25, 0.3) is 11.1 Å². The lowest BCUT2D eigenvalue weighted by molar-refractivity contribution is 0.389. The molecular formula is C18H19NO2. The molecule has 0 N–H and O–H groups in total. The molecule has 2 atom stereocenters. The summed E-state index contributed by atoms with van der Waals surface area (Å²) in [6, 6.07) is 19.3. The minimum absolute atomic E-state index is 0.401. The van der Waals surface area contributed by atoms with Gasteiger partial charge in [0.05, 0.1) is 25.4 Å². The van der Waals surface area contributed by atoms with Crippen molar-refractivity contribution in [2.75, 3.05) is 31.2 Å². The van der Waals surface area contributed by atoms with Crippen LogP contribution in [0.15, 0.2) is 54.6 Å². The molecule has 2 aromatic rings. The Morgan fingerprint density at radius 3 is 1.81 bits per heavy atom. The van der Waals surface area contributed by atoms with E-state index in [0.29, 0.717) is 12.2 Å². The molecule has 0 radical (unpaired) electrons. The normalized spacial score (nSPS) is 22.9. The van der Waals surface area contributed by atoms with E-state index in [2.05, 4.69) is 53.4 Å². The zero-order valence-corrected chi connectivity index (χ0v) is 11.9. The summed E-state index contributed by atoms with van der Waals surface area (Å²) < 4.78 is 10.7. The summed E-state index contributed by atoms with van der Waals surface area (Å²) in [5.41, 5.74) is 3.76. The fourth-order valence-electron chi connectivity index (χ4n) is 2.62. The maximum absolute atomic E-state index is 5.37. The van der Waals surface area contributed by atoms with Gasteiger partial charge in [0.25, 0.3) is 0 Å². The molecule has 0 amide bonds. The Hall–Kier alpha value is -1.84. The van der Waals surface area contributed by atoms with Crippen molar-refractivity contribution in [3.63, 3.8) is 0 Å². The van der Waals surface area contributed by atoms with E-state index in [9.17, 15) is 0 Å². The van der Waals surface area contributed by atoms with E-state index in [0.717, 1.165) is 26.3 Å². The molecule has 4 rings (SSSR count). The van der Waals surface area contributed by atoms with Gasteiger partial charge >= 0.3 is 0 Å². The summed E-state index contributed by atoms with van der Waals surface area (Å²) in [7, 11) is 0. The topological polar surface area (TPSA) is 28.3 Å². The van der Waals surface area contributed by atoms with Gasteiger partial charge in [-0.25, -0.2) is 0 Å². The minimum atomic E-state index is 0.401. The molecule has 2 fully saturated rings. The minimum Gasteiger partial charge on any atom is -0.371 e. The Labute approximate surface area is 125 Å². The third-order valence-corrected chi connectivity index (χ3v) is 3.99. The number of hydrogen-bond donors (Lipinski definition) is 0. The van der Waals surface area contributed by atoms with Crippen LogP contribution in [0.5, 0.6) is 0 Å². The van der Waals surface area contributed by atoms with Crippen molar-refractivity contribution in [2.45, 2.75) is 12.2 Å². The first-order valence-electron chi connectivity index (χ1n) is 7.52. The van der Waals surface area contributed by atoms with Gasteiger partial charge in [-0.2, -0.15) is 0 Å². The lowest BCUT2D eigenvalue weighted by atomic mass is 10.1. The number of anilines is 1. The average molecular weight is 281 g/mol. The molecule has 2 aromatic carbocycles. The van der Waals surface area contributed by atoms with Gasteiger partial charge in [-0.3, -0.25) is 0 Å². The lowest BCUT2D eigenvalue weighted by Gasteiger charge is -2.23. The molecule has 2 saturated heterocycles. The van der Waals surface area contributed by atoms with Crippen LogP contribution < -0.4 is 4.90 Å². The maximum atomic E-state index is 5.37. The molecule has 0 spiro atoms. The van der Waals surface area contributed by atoms with Gasteiger partial charge in [0.2, 0.25) is 0 Å². The van der Waals surface area contributed by atoms with Crippen molar-refractivity contribution in [1.29, 1.82) is 0 Å². The number of benzene rings is 2. The summed E-state index contributed by atoms with van der Waals surface area (Å²) in [5.74, 6) is 0. The standard InChI is InChI=1S/C18H19NO2/c1-2-4-14(5-3-1)15-6-8-16(9-7-15)19(10-17-12-20-17)11-18-13-21-18/h1-9,17-18H,10-13H2. The van der Waals surface area contributed by atoms with Crippen molar-refractivity contribution in [3.8, 4) is 11.1 Å². The monoisotopic (exact) mass is 281 g/mol. The second-order valence-electron chi connectivity index (χ2n) is 5.73. The van der Waals surface area contributed by atoms with Crippen LogP contribution in [-0.4, -0.2) is 38.5 Å². The summed E-state index contributed by atoms with van der Waals surface area (Å²) in [4.78, 5) is 2.38. The van der Waals surface area contributed by atoms with E-state index in [1.165, 1.54) is 16.8 Å². The van der Waals surface area contributed by atoms with Gasteiger partial charge in [-0.15, -0.1) is 0 Å². The van der Waals surface area contributed by atoms with Crippen molar-refractivity contribution in [2.24, 2.45) is 0 Å². The summed E-state index contributed by atoms with van der Waals surface area (Å²) in [6.07, 6.45) is 0.801. The molecule has 2 heterocycles. The highest BCUT2D eigenvalue weighted by Gasteiger charge is 2.30. The van der Waals surface area contributed by atoms with Gasteiger partial charge in [-0.05, 0) is 23.3 Å². The summed E-state index contributed by atoms with van der Waals surface area (Å²) >= 11 is 0. The highest BCUT2D eigenvalue weighted by atomic mass is 16.6.